The first-order valence-corrected chi connectivity index (χ1v) is 12.4. The molecule has 1 aromatic rings. The van der Waals surface area contributed by atoms with Gasteiger partial charge in [-0.25, -0.2) is 0 Å². The number of thioether (sulfide) groups is 1. The van der Waals surface area contributed by atoms with E-state index in [1.54, 1.807) is 22.7 Å². The molecule has 2 atom stereocenters. The van der Waals surface area contributed by atoms with Crippen LogP contribution in [0.2, 0.25) is 5.02 Å². The van der Waals surface area contributed by atoms with Crippen molar-refractivity contribution in [1.82, 2.24) is 10.2 Å². The van der Waals surface area contributed by atoms with Crippen LogP contribution in [0.3, 0.4) is 0 Å². The lowest BCUT2D eigenvalue weighted by molar-refractivity contribution is -0.161. The standard InChI is InChI=1S/C20H30ClN3O2S.C2ClF3O/c1-13(20(2,3)4)19(26)24-7-8-27-12-17(24)18(25)23-11-15-9-16(21)6-5-14(15)10-22;3-1(7)2(4,5)6/h5-6,9,13,17H,7-8,10-12,22H2,1-4H3,(H,23,25);/t13-,17-;/m0./s1. The second-order valence-electron chi connectivity index (χ2n) is 8.82. The first kappa shape index (κ1) is 30.5. The van der Waals surface area contributed by atoms with E-state index >= 15 is 0 Å². The summed E-state index contributed by atoms with van der Waals surface area (Å²) in [5.41, 5.74) is 7.49. The number of hydrogen-bond donors (Lipinski definition) is 2. The highest BCUT2D eigenvalue weighted by Crippen LogP contribution is 2.29. The maximum Gasteiger partial charge on any atom is 0.466 e. The Morgan fingerprint density at radius 3 is 2.32 bits per heavy atom. The van der Waals surface area contributed by atoms with E-state index < -0.39 is 17.5 Å². The fourth-order valence-corrected chi connectivity index (χ4v) is 4.20. The zero-order chi connectivity index (χ0) is 26.3. The Labute approximate surface area is 212 Å². The van der Waals surface area contributed by atoms with Crippen LogP contribution in [0.15, 0.2) is 18.2 Å². The van der Waals surface area contributed by atoms with Crippen molar-refractivity contribution in [3.8, 4) is 0 Å². The predicted octanol–water partition coefficient (Wildman–Crippen LogP) is 4.36. The Bertz CT molecular complexity index is 879. The molecule has 0 radical (unpaired) electrons. The number of alkyl halides is 3. The van der Waals surface area contributed by atoms with Crippen molar-refractivity contribution >= 4 is 52.0 Å². The molecule has 0 aliphatic carbocycles. The number of carbonyl (C=O) groups is 3. The highest BCUT2D eigenvalue weighted by atomic mass is 35.5. The summed E-state index contributed by atoms with van der Waals surface area (Å²) in [5.74, 6) is 1.26. The Hall–Kier alpha value is -1.49. The minimum absolute atomic E-state index is 0.0494. The molecule has 2 amide bonds. The van der Waals surface area contributed by atoms with Gasteiger partial charge < -0.3 is 16.0 Å². The lowest BCUT2D eigenvalue weighted by atomic mass is 9.81. The van der Waals surface area contributed by atoms with E-state index in [1.165, 1.54) is 0 Å². The predicted molar refractivity (Wildman–Crippen MR) is 130 cm³/mol. The lowest BCUT2D eigenvalue weighted by Crippen LogP contribution is -2.56. The molecule has 6 nitrogen and oxygen atoms in total. The van der Waals surface area contributed by atoms with E-state index in [9.17, 15) is 22.8 Å². The molecular formula is C22H30Cl2F3N3O3S. The fraction of sp³-hybridized carbons (Fsp3) is 0.591. The van der Waals surface area contributed by atoms with Crippen LogP contribution in [0.25, 0.3) is 0 Å². The molecule has 1 aliphatic rings. The van der Waals surface area contributed by atoms with Gasteiger partial charge in [-0.15, -0.1) is 0 Å². The first-order valence-electron chi connectivity index (χ1n) is 10.5. The quantitative estimate of drug-likeness (QED) is 0.538. The van der Waals surface area contributed by atoms with Crippen LogP contribution in [0.5, 0.6) is 0 Å². The molecule has 2 rings (SSSR count). The molecule has 0 bridgehead atoms. The van der Waals surface area contributed by atoms with Crippen LogP contribution in [0, 0.1) is 11.3 Å². The van der Waals surface area contributed by atoms with Gasteiger partial charge in [0.1, 0.15) is 6.04 Å². The number of nitrogens with one attached hydrogen (secondary N) is 1. The van der Waals surface area contributed by atoms with Gasteiger partial charge >= 0.3 is 11.4 Å². The molecule has 0 unspecified atom stereocenters. The van der Waals surface area contributed by atoms with E-state index in [0.717, 1.165) is 16.9 Å². The van der Waals surface area contributed by atoms with Crippen LogP contribution >= 0.6 is 35.0 Å². The van der Waals surface area contributed by atoms with Gasteiger partial charge in [-0.1, -0.05) is 45.4 Å². The summed E-state index contributed by atoms with van der Waals surface area (Å²) in [4.78, 5) is 36.7. The molecule has 0 saturated carbocycles. The summed E-state index contributed by atoms with van der Waals surface area (Å²) in [6.45, 7) is 9.44. The largest absolute Gasteiger partial charge is 0.466 e. The number of nitrogens with two attached hydrogens (primary N) is 1. The van der Waals surface area contributed by atoms with Crippen molar-refractivity contribution in [2.45, 2.75) is 53.0 Å². The van der Waals surface area contributed by atoms with Crippen molar-refractivity contribution in [1.29, 1.82) is 0 Å². The smallest absolute Gasteiger partial charge is 0.350 e. The molecule has 192 valence electrons. The van der Waals surface area contributed by atoms with Gasteiger partial charge in [-0.2, -0.15) is 24.9 Å². The van der Waals surface area contributed by atoms with E-state index in [-0.39, 0.29) is 23.1 Å². The number of rotatable bonds is 5. The summed E-state index contributed by atoms with van der Waals surface area (Å²) >= 11 is 11.8. The van der Waals surface area contributed by atoms with Gasteiger partial charge in [-0.05, 0) is 40.3 Å². The summed E-state index contributed by atoms with van der Waals surface area (Å²) in [6, 6.07) is 5.05. The maximum atomic E-state index is 13.0. The summed E-state index contributed by atoms with van der Waals surface area (Å²) in [7, 11) is 0. The average Bonchev–Trinajstić information content (AvgIpc) is 2.75. The number of hydrogen-bond acceptors (Lipinski definition) is 5. The Morgan fingerprint density at radius 1 is 1.24 bits per heavy atom. The number of halogens is 5. The van der Waals surface area contributed by atoms with E-state index in [0.29, 0.717) is 30.4 Å². The van der Waals surface area contributed by atoms with Crippen molar-refractivity contribution in [3.63, 3.8) is 0 Å². The third-order valence-corrected chi connectivity index (χ3v) is 6.92. The van der Waals surface area contributed by atoms with Crippen LogP contribution < -0.4 is 11.1 Å². The second kappa shape index (κ2) is 13.0. The van der Waals surface area contributed by atoms with Crippen LogP contribution in [-0.4, -0.2) is 52.2 Å². The van der Waals surface area contributed by atoms with Crippen LogP contribution in [0.4, 0.5) is 13.2 Å². The molecular weight excluding hydrogens is 514 g/mol. The molecule has 0 aromatic heterocycles. The van der Waals surface area contributed by atoms with Gasteiger partial charge in [0.2, 0.25) is 11.8 Å². The van der Waals surface area contributed by atoms with Gasteiger partial charge in [0.05, 0.1) is 0 Å². The third kappa shape index (κ3) is 9.28. The van der Waals surface area contributed by atoms with Gasteiger partial charge in [-0.3, -0.25) is 14.4 Å². The first-order chi connectivity index (χ1) is 15.6. The zero-order valence-electron chi connectivity index (χ0n) is 19.5. The van der Waals surface area contributed by atoms with Gasteiger partial charge in [0.25, 0.3) is 0 Å². The number of carbonyl (C=O) groups excluding carboxylic acids is 3. The normalized spacial score (nSPS) is 17.4. The van der Waals surface area contributed by atoms with Crippen molar-refractivity contribution in [2.75, 3.05) is 18.1 Å². The number of benzene rings is 1. The second-order valence-corrected chi connectivity index (χ2v) is 10.7. The maximum absolute atomic E-state index is 13.0. The SMILES string of the molecule is C[C@@H](C(=O)N1CCSC[C@H]1C(=O)NCc1cc(Cl)ccc1CN)C(C)(C)C.O=C(Cl)C(F)(F)F. The third-order valence-electron chi connectivity index (χ3n) is 5.45. The average molecular weight is 544 g/mol. The highest BCUT2D eigenvalue weighted by Gasteiger charge is 2.38. The Morgan fingerprint density at radius 2 is 1.82 bits per heavy atom. The molecule has 34 heavy (non-hydrogen) atoms. The van der Waals surface area contributed by atoms with Gasteiger partial charge in [0.15, 0.2) is 0 Å². The fourth-order valence-electron chi connectivity index (χ4n) is 2.96. The van der Waals surface area contributed by atoms with Gasteiger partial charge in [0, 0.05) is 42.1 Å². The minimum Gasteiger partial charge on any atom is -0.350 e. The molecule has 1 aromatic carbocycles. The topological polar surface area (TPSA) is 92.5 Å². The van der Waals surface area contributed by atoms with Crippen LogP contribution in [-0.2, 0) is 27.5 Å². The minimum atomic E-state index is -4.87. The zero-order valence-corrected chi connectivity index (χ0v) is 21.8. The molecule has 1 heterocycles. The highest BCUT2D eigenvalue weighted by molar-refractivity contribution is 7.99. The molecule has 1 fully saturated rings. The Kier molecular flexibility index (Phi) is 11.7. The van der Waals surface area contributed by atoms with Crippen LogP contribution in [0.1, 0.15) is 38.8 Å². The summed E-state index contributed by atoms with van der Waals surface area (Å²) < 4.78 is 32.1. The molecule has 12 heteroatoms. The monoisotopic (exact) mass is 543 g/mol. The van der Waals surface area contributed by atoms with E-state index in [2.05, 4.69) is 37.7 Å². The molecule has 1 aliphatic heterocycles. The van der Waals surface area contributed by atoms with E-state index in [1.807, 2.05) is 19.1 Å². The van der Waals surface area contributed by atoms with E-state index in [4.69, 9.17) is 22.1 Å². The molecule has 1 saturated heterocycles. The molecule has 0 spiro atoms. The number of nitrogens with zero attached hydrogens (tertiary/aromatic N) is 1. The van der Waals surface area contributed by atoms with Crippen molar-refractivity contribution in [3.05, 3.63) is 34.3 Å². The number of amides is 2. The van der Waals surface area contributed by atoms with Crippen molar-refractivity contribution < 1.29 is 27.6 Å². The lowest BCUT2D eigenvalue weighted by Gasteiger charge is -2.38. The summed E-state index contributed by atoms with van der Waals surface area (Å²) in [6.07, 6.45) is -4.87. The molecule has 3 N–H and O–H groups in total. The van der Waals surface area contributed by atoms with Crippen molar-refractivity contribution in [2.24, 2.45) is 17.1 Å². The Balaban J connectivity index is 0.000000718. The summed E-state index contributed by atoms with van der Waals surface area (Å²) in [5, 5.41) is 1.30.